The molecular formula is C17H15ClFN3O2S. The minimum Gasteiger partial charge on any atom is -0.481 e. The number of nitrogens with one attached hydrogen (secondary N) is 1. The highest BCUT2D eigenvalue weighted by Crippen LogP contribution is 2.37. The first-order valence-electron chi connectivity index (χ1n) is 7.55. The molecule has 8 heteroatoms. The number of carboxylic acids is 1. The van der Waals surface area contributed by atoms with Crippen molar-refractivity contribution in [2.45, 2.75) is 25.8 Å². The summed E-state index contributed by atoms with van der Waals surface area (Å²) in [5.41, 5.74) is 4.00. The molecule has 1 aromatic heterocycles. The summed E-state index contributed by atoms with van der Waals surface area (Å²) in [7, 11) is 0. The Morgan fingerprint density at radius 3 is 2.92 bits per heavy atom. The zero-order chi connectivity index (χ0) is 18.0. The van der Waals surface area contributed by atoms with E-state index in [9.17, 15) is 9.18 Å². The largest absolute Gasteiger partial charge is 0.481 e. The average Bonchev–Trinajstić information content (AvgIpc) is 3.07. The second kappa shape index (κ2) is 7.33. The monoisotopic (exact) mass is 379 g/mol. The van der Waals surface area contributed by atoms with Crippen molar-refractivity contribution in [1.29, 1.82) is 0 Å². The quantitative estimate of drug-likeness (QED) is 0.817. The molecule has 3 rings (SSSR count). The van der Waals surface area contributed by atoms with Gasteiger partial charge in [0.15, 0.2) is 0 Å². The van der Waals surface area contributed by atoms with E-state index in [4.69, 9.17) is 21.7 Å². The van der Waals surface area contributed by atoms with Gasteiger partial charge in [-0.25, -0.2) is 4.39 Å². The number of hydrogen-bond donors (Lipinski definition) is 2. The minimum absolute atomic E-state index is 0.0188. The minimum atomic E-state index is -0.888. The predicted octanol–water partition coefficient (Wildman–Crippen LogP) is 4.17. The van der Waals surface area contributed by atoms with Crippen LogP contribution in [0.1, 0.15) is 36.2 Å². The van der Waals surface area contributed by atoms with E-state index in [0.717, 1.165) is 16.1 Å². The molecular weight excluding hydrogens is 365 g/mol. The second-order valence-electron chi connectivity index (χ2n) is 5.58. The number of allylic oxidation sites excluding steroid dienone is 1. The molecule has 2 aromatic rings. The molecule has 1 aliphatic heterocycles. The van der Waals surface area contributed by atoms with Crippen LogP contribution in [0.2, 0.25) is 5.02 Å². The number of aliphatic imine (C=N–C) groups is 1. The Hall–Kier alpha value is -2.25. The van der Waals surface area contributed by atoms with Crippen molar-refractivity contribution in [2.75, 3.05) is 0 Å². The number of hydrogen-bond acceptors (Lipinski definition) is 5. The number of carbonyl (C=O) groups is 1. The SMILES string of the molecule is CC1=C(CCC(=O)O)[C@H](c2ccc(F)cc2Cl)N=C(c2cncs2)N1. The van der Waals surface area contributed by atoms with Crippen LogP contribution >= 0.6 is 22.9 Å². The van der Waals surface area contributed by atoms with Crippen molar-refractivity contribution in [1.82, 2.24) is 10.3 Å². The van der Waals surface area contributed by atoms with Crippen molar-refractivity contribution in [3.05, 3.63) is 62.5 Å². The van der Waals surface area contributed by atoms with Gasteiger partial charge in [-0.15, -0.1) is 11.3 Å². The molecule has 0 bridgehead atoms. The van der Waals surface area contributed by atoms with Gasteiger partial charge in [0.2, 0.25) is 0 Å². The Bertz CT molecular complexity index is 865. The molecule has 0 spiro atoms. The summed E-state index contributed by atoms with van der Waals surface area (Å²) in [4.78, 5) is 20.6. The normalized spacial score (nSPS) is 17.2. The number of rotatable bonds is 5. The van der Waals surface area contributed by atoms with Crippen molar-refractivity contribution in [2.24, 2.45) is 4.99 Å². The lowest BCUT2D eigenvalue weighted by Crippen LogP contribution is -2.29. The summed E-state index contributed by atoms with van der Waals surface area (Å²) in [5.74, 6) is -0.673. The van der Waals surface area contributed by atoms with Crippen LogP contribution in [0.25, 0.3) is 0 Å². The van der Waals surface area contributed by atoms with Crippen LogP contribution in [0, 0.1) is 5.82 Å². The van der Waals surface area contributed by atoms with Crippen molar-refractivity contribution < 1.29 is 14.3 Å². The first-order valence-corrected chi connectivity index (χ1v) is 8.81. The zero-order valence-corrected chi connectivity index (χ0v) is 14.9. The van der Waals surface area contributed by atoms with Crippen LogP contribution in [0.3, 0.4) is 0 Å². The predicted molar refractivity (Wildman–Crippen MR) is 95.5 cm³/mol. The van der Waals surface area contributed by atoms with E-state index in [0.29, 0.717) is 17.8 Å². The van der Waals surface area contributed by atoms with E-state index in [1.54, 1.807) is 17.8 Å². The first-order chi connectivity index (χ1) is 12.0. The van der Waals surface area contributed by atoms with Gasteiger partial charge in [-0.1, -0.05) is 17.7 Å². The molecule has 0 unspecified atom stereocenters. The van der Waals surface area contributed by atoms with Crippen LogP contribution in [-0.4, -0.2) is 21.9 Å². The number of aliphatic carboxylic acids is 1. The first kappa shape index (κ1) is 17.6. The highest BCUT2D eigenvalue weighted by molar-refractivity contribution is 7.11. The van der Waals surface area contributed by atoms with Gasteiger partial charge < -0.3 is 10.4 Å². The maximum atomic E-state index is 13.4. The maximum Gasteiger partial charge on any atom is 0.303 e. The molecule has 130 valence electrons. The van der Waals surface area contributed by atoms with Gasteiger partial charge in [0.25, 0.3) is 0 Å². The molecule has 2 heterocycles. The van der Waals surface area contributed by atoms with E-state index in [-0.39, 0.29) is 11.4 Å². The van der Waals surface area contributed by atoms with Crippen LogP contribution in [-0.2, 0) is 4.79 Å². The average molecular weight is 380 g/mol. The summed E-state index contributed by atoms with van der Waals surface area (Å²) >= 11 is 7.67. The highest BCUT2D eigenvalue weighted by Gasteiger charge is 2.27. The van der Waals surface area contributed by atoms with Crippen molar-refractivity contribution in [3.63, 3.8) is 0 Å². The lowest BCUT2D eigenvalue weighted by Gasteiger charge is -2.27. The summed E-state index contributed by atoms with van der Waals surface area (Å²) in [6.07, 6.45) is 2.01. The molecule has 0 saturated heterocycles. The summed E-state index contributed by atoms with van der Waals surface area (Å²) < 4.78 is 13.4. The highest BCUT2D eigenvalue weighted by atomic mass is 35.5. The van der Waals surface area contributed by atoms with Crippen LogP contribution in [0.5, 0.6) is 0 Å². The lowest BCUT2D eigenvalue weighted by molar-refractivity contribution is -0.136. The molecule has 25 heavy (non-hydrogen) atoms. The number of aromatic nitrogens is 1. The molecule has 1 aliphatic rings. The standard InChI is InChI=1S/C17H15ClFN3O2S/c1-9-11(4-5-15(23)24)16(12-3-2-10(19)6-13(12)18)22-17(21-9)14-7-20-8-25-14/h2-3,6-8,16H,4-5H2,1H3,(H,21,22)(H,23,24)/t16-/m1/s1. The topological polar surface area (TPSA) is 74.6 Å². The number of thiazole rings is 1. The third-order valence-electron chi connectivity index (χ3n) is 3.91. The Labute approximate surface area is 152 Å². The van der Waals surface area contributed by atoms with E-state index in [1.165, 1.54) is 23.5 Å². The number of carboxylic acid groups (broad SMARTS) is 1. The van der Waals surface area contributed by atoms with Crippen LogP contribution < -0.4 is 5.32 Å². The number of halogens is 2. The van der Waals surface area contributed by atoms with E-state index >= 15 is 0 Å². The molecule has 2 N–H and O–H groups in total. The molecule has 0 saturated carbocycles. The van der Waals surface area contributed by atoms with Crippen LogP contribution in [0.4, 0.5) is 4.39 Å². The molecule has 1 atom stereocenters. The second-order valence-corrected chi connectivity index (χ2v) is 6.87. The molecule has 0 amide bonds. The zero-order valence-electron chi connectivity index (χ0n) is 13.3. The third-order valence-corrected chi connectivity index (χ3v) is 5.01. The van der Waals surface area contributed by atoms with Crippen LogP contribution in [0.15, 0.2) is 46.2 Å². The van der Waals surface area contributed by atoms with Gasteiger partial charge in [-0.2, -0.15) is 0 Å². The Morgan fingerprint density at radius 1 is 1.48 bits per heavy atom. The third kappa shape index (κ3) is 3.88. The Morgan fingerprint density at radius 2 is 2.28 bits per heavy atom. The Balaban J connectivity index is 2.05. The van der Waals surface area contributed by atoms with E-state index < -0.39 is 17.8 Å². The fraction of sp³-hybridized carbons (Fsp3) is 0.235. The van der Waals surface area contributed by atoms with Crippen molar-refractivity contribution >= 4 is 34.7 Å². The fourth-order valence-electron chi connectivity index (χ4n) is 2.71. The molecule has 1 aromatic carbocycles. The fourth-order valence-corrected chi connectivity index (χ4v) is 3.55. The number of amidine groups is 1. The van der Waals surface area contributed by atoms with E-state index in [1.807, 2.05) is 6.92 Å². The number of nitrogens with zero attached hydrogens (tertiary/aromatic N) is 2. The summed E-state index contributed by atoms with van der Waals surface area (Å²) in [6.45, 7) is 1.87. The lowest BCUT2D eigenvalue weighted by atomic mass is 9.92. The molecule has 0 fully saturated rings. The smallest absolute Gasteiger partial charge is 0.303 e. The molecule has 0 radical (unpaired) electrons. The van der Waals surface area contributed by atoms with Gasteiger partial charge in [0.05, 0.1) is 10.4 Å². The summed E-state index contributed by atoms with van der Waals surface area (Å²) in [5, 5.41) is 12.5. The van der Waals surface area contributed by atoms with Gasteiger partial charge in [-0.3, -0.25) is 14.8 Å². The van der Waals surface area contributed by atoms with Gasteiger partial charge in [0, 0.05) is 23.3 Å². The summed E-state index contributed by atoms with van der Waals surface area (Å²) in [6, 6.07) is 3.70. The Kier molecular flexibility index (Phi) is 5.15. The number of benzene rings is 1. The maximum absolute atomic E-state index is 13.4. The van der Waals surface area contributed by atoms with E-state index in [2.05, 4.69) is 10.3 Å². The van der Waals surface area contributed by atoms with Gasteiger partial charge in [-0.05, 0) is 36.6 Å². The van der Waals surface area contributed by atoms with Gasteiger partial charge >= 0.3 is 5.97 Å². The molecule has 5 nitrogen and oxygen atoms in total. The van der Waals surface area contributed by atoms with Crippen molar-refractivity contribution in [3.8, 4) is 0 Å². The molecule has 0 aliphatic carbocycles. The van der Waals surface area contributed by atoms with Gasteiger partial charge in [0.1, 0.15) is 17.7 Å².